The molecule has 1 heterocycles. The van der Waals surface area contributed by atoms with Gasteiger partial charge in [-0.2, -0.15) is 0 Å². The van der Waals surface area contributed by atoms with Gasteiger partial charge in [0.15, 0.2) is 0 Å². The first kappa shape index (κ1) is 17.4. The number of urea groups is 1. The SMILES string of the molecule is O=C1NC(=O)C2(C(=O)N1)[C@@H](c1ccccc1)CC(O)C[C@@H]2c1ccccc1. The zero-order valence-corrected chi connectivity index (χ0v) is 14.6. The molecule has 2 fully saturated rings. The molecule has 6 nitrogen and oxygen atoms in total. The molecule has 1 saturated carbocycles. The van der Waals surface area contributed by atoms with Crippen molar-refractivity contribution >= 4 is 17.8 Å². The molecule has 0 aromatic heterocycles. The number of carbonyl (C=O) groups excluding carboxylic acids is 3. The number of imide groups is 2. The fourth-order valence-corrected chi connectivity index (χ4v) is 4.60. The molecule has 2 aliphatic rings. The predicted octanol–water partition coefficient (Wildman–Crippen LogP) is 2.06. The number of nitrogens with one attached hydrogen (secondary N) is 2. The van der Waals surface area contributed by atoms with Crippen LogP contribution in [0.3, 0.4) is 0 Å². The lowest BCUT2D eigenvalue weighted by Gasteiger charge is -2.49. The molecular weight excluding hydrogens is 344 g/mol. The second-order valence-electron chi connectivity index (χ2n) is 7.16. The van der Waals surface area contributed by atoms with Gasteiger partial charge in [0, 0.05) is 11.8 Å². The quantitative estimate of drug-likeness (QED) is 0.711. The van der Waals surface area contributed by atoms with E-state index in [1.54, 1.807) is 0 Å². The Morgan fingerprint density at radius 3 is 1.56 bits per heavy atom. The van der Waals surface area contributed by atoms with Gasteiger partial charge >= 0.3 is 6.03 Å². The van der Waals surface area contributed by atoms with Gasteiger partial charge in [-0.25, -0.2) is 4.79 Å². The van der Waals surface area contributed by atoms with Crippen LogP contribution in [-0.4, -0.2) is 29.1 Å². The minimum Gasteiger partial charge on any atom is -0.393 e. The van der Waals surface area contributed by atoms with E-state index in [0.717, 1.165) is 11.1 Å². The lowest BCUT2D eigenvalue weighted by atomic mass is 9.54. The summed E-state index contributed by atoms with van der Waals surface area (Å²) in [5.74, 6) is -2.32. The molecule has 138 valence electrons. The number of barbiturate groups is 1. The van der Waals surface area contributed by atoms with Crippen molar-refractivity contribution in [3.8, 4) is 0 Å². The van der Waals surface area contributed by atoms with Crippen LogP contribution in [0, 0.1) is 5.41 Å². The minimum atomic E-state index is -1.50. The van der Waals surface area contributed by atoms with Crippen molar-refractivity contribution in [1.82, 2.24) is 10.6 Å². The summed E-state index contributed by atoms with van der Waals surface area (Å²) < 4.78 is 0. The Morgan fingerprint density at radius 2 is 1.15 bits per heavy atom. The van der Waals surface area contributed by atoms with Gasteiger partial charge in [-0.1, -0.05) is 60.7 Å². The third-order valence-corrected chi connectivity index (χ3v) is 5.72. The van der Waals surface area contributed by atoms with Crippen molar-refractivity contribution in [3.05, 3.63) is 71.8 Å². The number of hydrogen-bond acceptors (Lipinski definition) is 4. The zero-order valence-electron chi connectivity index (χ0n) is 14.6. The number of rotatable bonds is 2. The van der Waals surface area contributed by atoms with Gasteiger partial charge < -0.3 is 5.11 Å². The molecule has 0 unspecified atom stereocenters. The monoisotopic (exact) mass is 364 g/mol. The van der Waals surface area contributed by atoms with E-state index in [1.165, 1.54) is 0 Å². The zero-order chi connectivity index (χ0) is 19.0. The van der Waals surface area contributed by atoms with Crippen LogP contribution >= 0.6 is 0 Å². The second-order valence-corrected chi connectivity index (χ2v) is 7.16. The van der Waals surface area contributed by atoms with Crippen molar-refractivity contribution in [2.75, 3.05) is 0 Å². The van der Waals surface area contributed by atoms with Crippen LogP contribution in [0.25, 0.3) is 0 Å². The summed E-state index contributed by atoms with van der Waals surface area (Å²) in [6.45, 7) is 0. The fraction of sp³-hybridized carbons (Fsp3) is 0.286. The van der Waals surface area contributed by atoms with Gasteiger partial charge in [-0.15, -0.1) is 0 Å². The van der Waals surface area contributed by atoms with Crippen LogP contribution in [0.1, 0.15) is 35.8 Å². The summed E-state index contributed by atoms with van der Waals surface area (Å²) in [6.07, 6.45) is -0.130. The highest BCUT2D eigenvalue weighted by Crippen LogP contribution is 2.56. The van der Waals surface area contributed by atoms with Crippen molar-refractivity contribution in [2.24, 2.45) is 5.41 Å². The fourth-order valence-electron chi connectivity index (χ4n) is 4.60. The van der Waals surface area contributed by atoms with Crippen LogP contribution in [0.2, 0.25) is 0 Å². The van der Waals surface area contributed by atoms with Crippen molar-refractivity contribution in [2.45, 2.75) is 30.8 Å². The molecule has 2 atom stereocenters. The van der Waals surface area contributed by atoms with E-state index in [0.29, 0.717) is 0 Å². The molecule has 0 radical (unpaired) electrons. The van der Waals surface area contributed by atoms with Crippen LogP contribution in [-0.2, 0) is 9.59 Å². The van der Waals surface area contributed by atoms with E-state index < -0.39 is 41.2 Å². The molecule has 2 aromatic carbocycles. The Balaban J connectivity index is 1.93. The predicted molar refractivity (Wildman–Crippen MR) is 97.7 cm³/mol. The smallest absolute Gasteiger partial charge is 0.328 e. The molecule has 3 N–H and O–H groups in total. The summed E-state index contributed by atoms with van der Waals surface area (Å²) in [7, 11) is 0. The van der Waals surface area contributed by atoms with Gasteiger partial charge in [-0.05, 0) is 24.0 Å². The first-order valence-electron chi connectivity index (χ1n) is 8.98. The number of carbonyl (C=O) groups is 3. The van der Waals surface area contributed by atoms with Crippen LogP contribution in [0.15, 0.2) is 60.7 Å². The lowest BCUT2D eigenvalue weighted by molar-refractivity contribution is -0.152. The van der Waals surface area contributed by atoms with Gasteiger partial charge in [0.1, 0.15) is 5.41 Å². The van der Waals surface area contributed by atoms with E-state index in [9.17, 15) is 19.5 Å². The molecular formula is C21H20N2O4. The van der Waals surface area contributed by atoms with Crippen LogP contribution in [0.4, 0.5) is 4.79 Å². The van der Waals surface area contributed by atoms with E-state index in [4.69, 9.17) is 0 Å². The number of benzene rings is 2. The molecule has 1 aliphatic carbocycles. The maximum Gasteiger partial charge on any atom is 0.328 e. The average molecular weight is 364 g/mol. The first-order valence-corrected chi connectivity index (χ1v) is 8.98. The van der Waals surface area contributed by atoms with E-state index >= 15 is 0 Å². The number of aliphatic hydroxyl groups excluding tert-OH is 1. The normalized spacial score (nSPS) is 27.1. The topological polar surface area (TPSA) is 95.5 Å². The second kappa shape index (κ2) is 6.63. The van der Waals surface area contributed by atoms with Crippen LogP contribution in [0.5, 0.6) is 0 Å². The summed E-state index contributed by atoms with van der Waals surface area (Å²) in [6, 6.07) is 17.7. The number of amides is 4. The van der Waals surface area contributed by atoms with Crippen molar-refractivity contribution in [1.29, 1.82) is 0 Å². The average Bonchev–Trinajstić information content (AvgIpc) is 2.67. The molecule has 2 aromatic rings. The van der Waals surface area contributed by atoms with E-state index in [1.807, 2.05) is 60.7 Å². The molecule has 4 amide bonds. The molecule has 27 heavy (non-hydrogen) atoms. The number of aliphatic hydroxyl groups is 1. The van der Waals surface area contributed by atoms with E-state index in [2.05, 4.69) is 10.6 Å². The highest BCUT2D eigenvalue weighted by atomic mass is 16.3. The molecule has 6 heteroatoms. The lowest BCUT2D eigenvalue weighted by Crippen LogP contribution is -2.67. The Labute approximate surface area is 156 Å². The Hall–Kier alpha value is -2.99. The van der Waals surface area contributed by atoms with Gasteiger partial charge in [0.25, 0.3) is 0 Å². The van der Waals surface area contributed by atoms with Crippen molar-refractivity contribution in [3.63, 3.8) is 0 Å². The van der Waals surface area contributed by atoms with Gasteiger partial charge in [-0.3, -0.25) is 20.2 Å². The molecule has 0 bridgehead atoms. The maximum atomic E-state index is 13.2. The summed E-state index contributed by atoms with van der Waals surface area (Å²) >= 11 is 0. The third-order valence-electron chi connectivity index (χ3n) is 5.72. The first-order chi connectivity index (χ1) is 13.0. The highest BCUT2D eigenvalue weighted by Gasteiger charge is 2.63. The summed E-state index contributed by atoms with van der Waals surface area (Å²) in [5.41, 5.74) is 0.0733. The maximum absolute atomic E-state index is 13.2. The molecule has 1 aliphatic heterocycles. The Kier molecular flexibility index (Phi) is 4.28. The van der Waals surface area contributed by atoms with Crippen LogP contribution < -0.4 is 10.6 Å². The summed E-state index contributed by atoms with van der Waals surface area (Å²) in [5, 5.41) is 15.2. The third kappa shape index (κ3) is 2.73. The number of hydrogen-bond donors (Lipinski definition) is 3. The van der Waals surface area contributed by atoms with Gasteiger partial charge in [0.05, 0.1) is 6.10 Å². The van der Waals surface area contributed by atoms with E-state index in [-0.39, 0.29) is 12.8 Å². The standard InChI is InChI=1S/C21H20N2O4/c24-15-11-16(13-7-3-1-4-8-13)21(18(25)22-20(27)23-19(21)26)17(12-15)14-9-5-2-6-10-14/h1-10,15-17,24H,11-12H2,(H2,22,23,25,26,27)/t16-,17-/m1/s1. The largest absolute Gasteiger partial charge is 0.393 e. The highest BCUT2D eigenvalue weighted by molar-refractivity contribution is 6.20. The van der Waals surface area contributed by atoms with Crippen molar-refractivity contribution < 1.29 is 19.5 Å². The Morgan fingerprint density at radius 1 is 0.741 bits per heavy atom. The van der Waals surface area contributed by atoms with Gasteiger partial charge in [0.2, 0.25) is 11.8 Å². The molecule has 1 spiro atoms. The molecule has 4 rings (SSSR count). The Bertz CT molecular complexity index is 810. The molecule has 1 saturated heterocycles. The minimum absolute atomic E-state index is 0.266. The summed E-state index contributed by atoms with van der Waals surface area (Å²) in [4.78, 5) is 38.1.